The molecule has 4 heterocycles. The number of ether oxygens (including phenoxy) is 1. The Labute approximate surface area is 186 Å². The van der Waals surface area contributed by atoms with E-state index in [1.807, 2.05) is 0 Å². The molecule has 0 fully saturated rings. The van der Waals surface area contributed by atoms with Crippen molar-refractivity contribution in [3.05, 3.63) is 82.2 Å². The molecule has 1 atom stereocenters. The van der Waals surface area contributed by atoms with Gasteiger partial charge in [-0.1, -0.05) is 6.07 Å². The van der Waals surface area contributed by atoms with Crippen molar-refractivity contribution < 1.29 is 9.13 Å². The van der Waals surface area contributed by atoms with Crippen LogP contribution in [-0.4, -0.2) is 35.3 Å². The topological polar surface area (TPSA) is 84.1 Å². The summed E-state index contributed by atoms with van der Waals surface area (Å²) in [4.78, 5) is 30.3. The van der Waals surface area contributed by atoms with E-state index < -0.39 is 11.9 Å². The highest BCUT2D eigenvalue weighted by atomic mass is 19.1. The number of rotatable bonds is 2. The molecule has 0 unspecified atom stereocenters. The zero-order valence-corrected chi connectivity index (χ0v) is 17.4. The van der Waals surface area contributed by atoms with Crippen molar-refractivity contribution in [1.29, 1.82) is 0 Å². The molecule has 0 N–H and O–H groups in total. The molecule has 1 aliphatic rings. The molecule has 1 aliphatic heterocycles. The van der Waals surface area contributed by atoms with E-state index in [1.165, 1.54) is 16.7 Å². The van der Waals surface area contributed by atoms with Gasteiger partial charge in [0, 0.05) is 19.0 Å². The van der Waals surface area contributed by atoms with Crippen LogP contribution in [0.3, 0.4) is 0 Å². The third-order valence-corrected chi connectivity index (χ3v) is 5.99. The number of fused-ring (bicyclic) bond motifs is 3. The fourth-order valence-electron chi connectivity index (χ4n) is 4.36. The van der Waals surface area contributed by atoms with Gasteiger partial charge in [0.15, 0.2) is 11.3 Å². The molecule has 0 radical (unpaired) electrons. The molecule has 10 heteroatoms. The molecule has 0 aliphatic carbocycles. The van der Waals surface area contributed by atoms with E-state index in [4.69, 9.17) is 16.3 Å². The Kier molecular flexibility index (Phi) is 4.07. The fraction of sp³-hybridized carbons (Fsp3) is 0.174. The van der Waals surface area contributed by atoms with Crippen LogP contribution in [0.4, 0.5) is 10.1 Å². The summed E-state index contributed by atoms with van der Waals surface area (Å²) in [5, 5.41) is 0. The van der Waals surface area contributed by atoms with Gasteiger partial charge >= 0.3 is 5.69 Å². The van der Waals surface area contributed by atoms with E-state index in [-0.39, 0.29) is 5.69 Å². The summed E-state index contributed by atoms with van der Waals surface area (Å²) < 4.78 is 24.5. The van der Waals surface area contributed by atoms with Gasteiger partial charge in [0.25, 0.3) is 0 Å². The number of hydrogen-bond donors (Lipinski definition) is 0. The lowest BCUT2D eigenvalue weighted by Gasteiger charge is -2.26. The van der Waals surface area contributed by atoms with Gasteiger partial charge in [0.2, 0.25) is 5.95 Å². The minimum atomic E-state index is -0.434. The molecule has 0 spiro atoms. The van der Waals surface area contributed by atoms with Gasteiger partial charge < -0.3 is 4.74 Å². The number of nitrogens with zero attached hydrogens (tertiary/aromatic N) is 7. The van der Waals surface area contributed by atoms with Crippen molar-refractivity contribution in [1.82, 2.24) is 28.7 Å². The summed E-state index contributed by atoms with van der Waals surface area (Å²) in [5.41, 5.74) is 3.17. The molecule has 162 valence electrons. The second kappa shape index (κ2) is 7.00. The second-order valence-corrected chi connectivity index (χ2v) is 7.82. The molecular weight excluding hydrogens is 425 g/mol. The monoisotopic (exact) mass is 441 g/mol. The summed E-state index contributed by atoms with van der Waals surface area (Å²) in [6.07, 6.45) is 3.67. The third kappa shape index (κ3) is 2.82. The lowest BCUT2D eigenvalue weighted by molar-refractivity contribution is 0.255. The van der Waals surface area contributed by atoms with Gasteiger partial charge in [-0.3, -0.25) is 13.7 Å². The van der Waals surface area contributed by atoms with Crippen molar-refractivity contribution in [3.63, 3.8) is 0 Å². The summed E-state index contributed by atoms with van der Waals surface area (Å²) >= 11 is 0. The summed E-state index contributed by atoms with van der Waals surface area (Å²) in [5.74, 6) is 0.476. The quantitative estimate of drug-likeness (QED) is 0.392. The molecule has 33 heavy (non-hydrogen) atoms. The van der Waals surface area contributed by atoms with E-state index in [0.29, 0.717) is 58.2 Å². The molecular formula is C23H16FN7O2. The molecule has 3 aromatic heterocycles. The number of aromatic nitrogens is 6. The molecule has 0 amide bonds. The highest BCUT2D eigenvalue weighted by molar-refractivity contribution is 5.81. The lowest BCUT2D eigenvalue weighted by atomic mass is 10.00. The maximum atomic E-state index is 14.1. The fourth-order valence-corrected chi connectivity index (χ4v) is 4.36. The first kappa shape index (κ1) is 19.2. The number of aryl methyl sites for hydroxylation is 1. The van der Waals surface area contributed by atoms with Gasteiger partial charge in [-0.15, -0.1) is 0 Å². The van der Waals surface area contributed by atoms with Crippen molar-refractivity contribution in [2.24, 2.45) is 7.05 Å². The van der Waals surface area contributed by atoms with Crippen LogP contribution in [0.15, 0.2) is 53.7 Å². The molecule has 9 nitrogen and oxygen atoms in total. The number of benzene rings is 2. The Morgan fingerprint density at radius 1 is 1.18 bits per heavy atom. The van der Waals surface area contributed by atoms with Crippen LogP contribution < -0.4 is 10.4 Å². The maximum Gasteiger partial charge on any atom is 0.330 e. The standard InChI is InChI=1S/C23H16FN7O2/c1-25-14-4-5-16-18(10-14)30(12-27-16)22-26-11-19-21(28-22)31(23(32)29(19)2)17-7-8-33-20-6-3-13(24)9-15(17)20/h3-6,9-12,17H,7-8H2,2H3/t17-/m1/s1. The van der Waals surface area contributed by atoms with Crippen LogP contribution in [0.5, 0.6) is 5.75 Å². The minimum Gasteiger partial charge on any atom is -0.493 e. The SMILES string of the molecule is [C-]#[N+]c1ccc2ncn(-c3ncc4c(n3)n([C@@H]3CCOc5ccc(F)cc53)c(=O)n4C)c2c1. The number of hydrogen-bond acceptors (Lipinski definition) is 5. The number of halogens is 1. The van der Waals surface area contributed by atoms with Crippen LogP contribution in [0.1, 0.15) is 18.0 Å². The molecule has 6 rings (SSSR count). The van der Waals surface area contributed by atoms with Gasteiger partial charge in [0.1, 0.15) is 23.4 Å². The molecule has 5 aromatic rings. The van der Waals surface area contributed by atoms with E-state index in [0.717, 1.165) is 0 Å². The van der Waals surface area contributed by atoms with Crippen LogP contribution in [0.25, 0.3) is 33.0 Å². The first-order valence-electron chi connectivity index (χ1n) is 10.3. The Morgan fingerprint density at radius 2 is 2.06 bits per heavy atom. The summed E-state index contributed by atoms with van der Waals surface area (Å²) in [7, 11) is 1.66. The molecule has 0 bridgehead atoms. The average Bonchev–Trinajstić information content (AvgIpc) is 3.36. The molecule has 0 saturated heterocycles. The second-order valence-electron chi connectivity index (χ2n) is 7.82. The highest BCUT2D eigenvalue weighted by Crippen LogP contribution is 2.36. The van der Waals surface area contributed by atoms with E-state index >= 15 is 0 Å². The smallest absolute Gasteiger partial charge is 0.330 e. The van der Waals surface area contributed by atoms with Gasteiger partial charge in [0.05, 0.1) is 36.5 Å². The zero-order chi connectivity index (χ0) is 22.7. The van der Waals surface area contributed by atoms with Crippen molar-refractivity contribution in [2.45, 2.75) is 12.5 Å². The Hall–Kier alpha value is -4.52. The highest BCUT2D eigenvalue weighted by Gasteiger charge is 2.28. The first-order valence-corrected chi connectivity index (χ1v) is 10.3. The molecule has 2 aromatic carbocycles. The number of imidazole rings is 2. The zero-order valence-electron chi connectivity index (χ0n) is 17.4. The van der Waals surface area contributed by atoms with Crippen LogP contribution in [0.2, 0.25) is 0 Å². The van der Waals surface area contributed by atoms with Gasteiger partial charge in [-0.05, 0) is 30.3 Å². The predicted octanol–water partition coefficient (Wildman–Crippen LogP) is 3.53. The lowest BCUT2D eigenvalue weighted by Crippen LogP contribution is -2.30. The average molecular weight is 441 g/mol. The third-order valence-electron chi connectivity index (χ3n) is 5.99. The summed E-state index contributed by atoms with van der Waals surface area (Å²) in [6.45, 7) is 7.68. The largest absolute Gasteiger partial charge is 0.493 e. The van der Waals surface area contributed by atoms with E-state index in [2.05, 4.69) is 14.8 Å². The normalized spacial score (nSPS) is 15.4. The summed E-state index contributed by atoms with van der Waals surface area (Å²) in [6, 6.07) is 9.09. The van der Waals surface area contributed by atoms with Crippen LogP contribution in [0, 0.1) is 12.4 Å². The minimum absolute atomic E-state index is 0.274. The maximum absolute atomic E-state index is 14.1. The van der Waals surface area contributed by atoms with Gasteiger partial charge in [-0.2, -0.15) is 4.98 Å². The van der Waals surface area contributed by atoms with Crippen LogP contribution in [-0.2, 0) is 7.05 Å². The molecule has 0 saturated carbocycles. The van der Waals surface area contributed by atoms with Crippen LogP contribution >= 0.6 is 0 Å². The van der Waals surface area contributed by atoms with E-state index in [9.17, 15) is 9.18 Å². The Morgan fingerprint density at radius 3 is 2.91 bits per heavy atom. The predicted molar refractivity (Wildman–Crippen MR) is 118 cm³/mol. The Balaban J connectivity index is 1.59. The van der Waals surface area contributed by atoms with Gasteiger partial charge in [-0.25, -0.2) is 24.0 Å². The Bertz CT molecular complexity index is 1670. The van der Waals surface area contributed by atoms with Crippen molar-refractivity contribution in [2.75, 3.05) is 6.61 Å². The first-order chi connectivity index (χ1) is 16.0. The van der Waals surface area contributed by atoms with E-state index in [1.54, 1.807) is 53.0 Å². The van der Waals surface area contributed by atoms with Crippen molar-refractivity contribution in [3.8, 4) is 11.7 Å². The van der Waals surface area contributed by atoms with Crippen molar-refractivity contribution >= 4 is 27.9 Å².